The summed E-state index contributed by atoms with van der Waals surface area (Å²) in [6.45, 7) is 2.18. The molecule has 0 saturated heterocycles. The van der Waals surface area contributed by atoms with Gasteiger partial charge in [-0.3, -0.25) is 9.98 Å². The molecule has 1 aromatic carbocycles. The zero-order chi connectivity index (χ0) is 16.8. The minimum Gasteiger partial charge on any atom is -0.479 e. The number of benzene rings is 1. The van der Waals surface area contributed by atoms with E-state index < -0.39 is 0 Å². The molecule has 5 nitrogen and oxygen atoms in total. The van der Waals surface area contributed by atoms with Gasteiger partial charge in [-0.25, -0.2) is 4.98 Å². The van der Waals surface area contributed by atoms with Crippen LogP contribution in [0.1, 0.15) is 31.0 Å². The zero-order valence-corrected chi connectivity index (χ0v) is 13.5. The van der Waals surface area contributed by atoms with E-state index in [2.05, 4.69) is 34.0 Å². The number of unbranched alkanes of at least 4 members (excludes halogenated alkanes) is 1. The summed E-state index contributed by atoms with van der Waals surface area (Å²) in [6.07, 6.45) is 8.19. The van der Waals surface area contributed by atoms with Gasteiger partial charge in [0.15, 0.2) is 5.69 Å². The van der Waals surface area contributed by atoms with Gasteiger partial charge in [0.2, 0.25) is 5.89 Å². The fourth-order valence-corrected chi connectivity index (χ4v) is 2.29. The maximum absolute atomic E-state index is 9.91. The van der Waals surface area contributed by atoms with E-state index >= 15 is 0 Å². The van der Waals surface area contributed by atoms with E-state index in [9.17, 15) is 5.11 Å². The maximum Gasteiger partial charge on any atom is 0.312 e. The topological polar surface area (TPSA) is 71.5 Å². The molecule has 2 heterocycles. The summed E-state index contributed by atoms with van der Waals surface area (Å²) in [5.41, 5.74) is 3.09. The molecule has 0 unspecified atom stereocenters. The third kappa shape index (κ3) is 3.87. The van der Waals surface area contributed by atoms with Crippen LogP contribution in [0.4, 0.5) is 5.69 Å². The van der Waals surface area contributed by atoms with Gasteiger partial charge in [-0.1, -0.05) is 25.5 Å². The lowest BCUT2D eigenvalue weighted by molar-refractivity contribution is 0.337. The molecule has 0 atom stereocenters. The Kier molecular flexibility index (Phi) is 5.01. The van der Waals surface area contributed by atoms with Crippen LogP contribution in [-0.2, 0) is 6.42 Å². The van der Waals surface area contributed by atoms with Crippen molar-refractivity contribution in [1.29, 1.82) is 0 Å². The lowest BCUT2D eigenvalue weighted by atomic mass is 10.1. The Labute approximate surface area is 140 Å². The first-order chi connectivity index (χ1) is 11.8. The van der Waals surface area contributed by atoms with Crippen LogP contribution in [0.3, 0.4) is 0 Å². The Morgan fingerprint density at radius 1 is 1.21 bits per heavy atom. The van der Waals surface area contributed by atoms with E-state index in [1.807, 2.05) is 18.2 Å². The van der Waals surface area contributed by atoms with E-state index in [4.69, 9.17) is 4.42 Å². The number of aromatic nitrogens is 2. The number of oxazole rings is 1. The van der Waals surface area contributed by atoms with Gasteiger partial charge in [-0.05, 0) is 42.7 Å². The Hall–Kier alpha value is -2.95. The smallest absolute Gasteiger partial charge is 0.312 e. The number of aromatic hydroxyl groups is 1. The molecule has 0 spiro atoms. The predicted octanol–water partition coefficient (Wildman–Crippen LogP) is 4.54. The number of aryl methyl sites for hydroxylation is 1. The van der Waals surface area contributed by atoms with Gasteiger partial charge < -0.3 is 9.52 Å². The summed E-state index contributed by atoms with van der Waals surface area (Å²) < 4.78 is 5.35. The van der Waals surface area contributed by atoms with Crippen LogP contribution < -0.4 is 0 Å². The second kappa shape index (κ2) is 7.55. The predicted molar refractivity (Wildman–Crippen MR) is 93.7 cm³/mol. The van der Waals surface area contributed by atoms with Gasteiger partial charge in [0.25, 0.3) is 0 Å². The van der Waals surface area contributed by atoms with Crippen molar-refractivity contribution in [2.75, 3.05) is 0 Å². The van der Waals surface area contributed by atoms with Gasteiger partial charge in [-0.15, -0.1) is 0 Å². The number of rotatable bonds is 6. The highest BCUT2D eigenvalue weighted by Crippen LogP contribution is 2.26. The number of nitrogens with zero attached hydrogens (tertiary/aromatic N) is 3. The number of hydrogen-bond acceptors (Lipinski definition) is 5. The average Bonchev–Trinajstić information content (AvgIpc) is 3.00. The Balaban J connectivity index is 1.77. The molecule has 3 rings (SSSR count). The maximum atomic E-state index is 9.91. The highest BCUT2D eigenvalue weighted by Gasteiger charge is 2.12. The van der Waals surface area contributed by atoms with Gasteiger partial charge in [0.1, 0.15) is 0 Å². The molecule has 0 aliphatic carbocycles. The monoisotopic (exact) mass is 321 g/mol. The van der Waals surface area contributed by atoms with Crippen molar-refractivity contribution in [3.05, 3.63) is 60.0 Å². The molecule has 0 aliphatic rings. The van der Waals surface area contributed by atoms with Crippen molar-refractivity contribution in [1.82, 2.24) is 9.97 Å². The minimum absolute atomic E-state index is 0.243. The highest BCUT2D eigenvalue weighted by atomic mass is 16.5. The van der Waals surface area contributed by atoms with E-state index in [0.29, 0.717) is 17.3 Å². The molecule has 3 aromatic rings. The van der Waals surface area contributed by atoms with Crippen molar-refractivity contribution in [3.63, 3.8) is 0 Å². The largest absolute Gasteiger partial charge is 0.479 e. The molecule has 0 aliphatic heterocycles. The van der Waals surface area contributed by atoms with Crippen molar-refractivity contribution in [3.8, 4) is 17.4 Å². The van der Waals surface area contributed by atoms with Crippen LogP contribution in [0.15, 0.2) is 58.2 Å². The molecule has 0 saturated carbocycles. The standard InChI is InChI=1S/C19H19N3O2/c1-2-3-5-14-7-9-15(10-8-14)18-22-17(19(23)24-18)13-21-16-6-4-11-20-12-16/h4,6-13,23H,2-3,5H2,1H3. The second-order valence-corrected chi connectivity index (χ2v) is 5.48. The summed E-state index contributed by atoms with van der Waals surface area (Å²) >= 11 is 0. The van der Waals surface area contributed by atoms with Gasteiger partial charge >= 0.3 is 5.95 Å². The summed E-state index contributed by atoms with van der Waals surface area (Å²) in [7, 11) is 0. The van der Waals surface area contributed by atoms with Gasteiger partial charge in [0.05, 0.1) is 18.1 Å². The van der Waals surface area contributed by atoms with Crippen molar-refractivity contribution < 1.29 is 9.52 Å². The fraction of sp³-hybridized carbons (Fsp3) is 0.211. The zero-order valence-electron chi connectivity index (χ0n) is 13.5. The van der Waals surface area contributed by atoms with E-state index in [0.717, 1.165) is 12.0 Å². The van der Waals surface area contributed by atoms with E-state index in [1.165, 1.54) is 24.6 Å². The molecule has 0 amide bonds. The van der Waals surface area contributed by atoms with Crippen LogP contribution in [0, 0.1) is 0 Å². The summed E-state index contributed by atoms with van der Waals surface area (Å²) in [6, 6.07) is 11.7. The summed E-state index contributed by atoms with van der Waals surface area (Å²) in [4.78, 5) is 12.5. The SMILES string of the molecule is CCCCc1ccc(-c2nc(C=Nc3cccnc3)c(O)o2)cc1. The molecule has 24 heavy (non-hydrogen) atoms. The summed E-state index contributed by atoms with van der Waals surface area (Å²) in [5.74, 6) is 0.134. The van der Waals surface area contributed by atoms with Crippen LogP contribution in [0.25, 0.3) is 11.5 Å². The van der Waals surface area contributed by atoms with Crippen molar-refractivity contribution in [2.45, 2.75) is 26.2 Å². The molecule has 5 heteroatoms. The van der Waals surface area contributed by atoms with Crippen LogP contribution >= 0.6 is 0 Å². The molecular formula is C19H19N3O2. The normalized spacial score (nSPS) is 11.2. The lowest BCUT2D eigenvalue weighted by Gasteiger charge is -2.00. The molecule has 0 radical (unpaired) electrons. The van der Waals surface area contributed by atoms with Crippen LogP contribution in [0.5, 0.6) is 5.95 Å². The number of aliphatic imine (C=N–C) groups is 1. The minimum atomic E-state index is -0.243. The molecular weight excluding hydrogens is 302 g/mol. The van der Waals surface area contributed by atoms with E-state index in [1.54, 1.807) is 18.5 Å². The lowest BCUT2D eigenvalue weighted by Crippen LogP contribution is -1.86. The first kappa shape index (κ1) is 15.9. The summed E-state index contributed by atoms with van der Waals surface area (Å²) in [5, 5.41) is 9.91. The van der Waals surface area contributed by atoms with Crippen LogP contribution in [0.2, 0.25) is 0 Å². The van der Waals surface area contributed by atoms with Gasteiger partial charge in [-0.2, -0.15) is 0 Å². The third-order valence-corrected chi connectivity index (χ3v) is 3.64. The molecule has 122 valence electrons. The molecule has 2 aromatic heterocycles. The van der Waals surface area contributed by atoms with Crippen molar-refractivity contribution >= 4 is 11.9 Å². The third-order valence-electron chi connectivity index (χ3n) is 3.64. The quantitative estimate of drug-likeness (QED) is 0.677. The van der Waals surface area contributed by atoms with Crippen LogP contribution in [-0.4, -0.2) is 21.3 Å². The molecule has 0 bridgehead atoms. The average molecular weight is 321 g/mol. The first-order valence-corrected chi connectivity index (χ1v) is 7.99. The second-order valence-electron chi connectivity index (χ2n) is 5.48. The first-order valence-electron chi connectivity index (χ1n) is 7.99. The highest BCUT2D eigenvalue weighted by molar-refractivity contribution is 5.82. The molecule has 0 fully saturated rings. The van der Waals surface area contributed by atoms with Crippen molar-refractivity contribution in [2.24, 2.45) is 4.99 Å². The Bertz CT molecular complexity index is 808. The number of hydrogen-bond donors (Lipinski definition) is 1. The van der Waals surface area contributed by atoms with Gasteiger partial charge in [0, 0.05) is 11.8 Å². The number of pyridine rings is 1. The Morgan fingerprint density at radius 3 is 2.75 bits per heavy atom. The van der Waals surface area contributed by atoms with E-state index in [-0.39, 0.29) is 5.95 Å². The fourth-order valence-electron chi connectivity index (χ4n) is 2.29. The Morgan fingerprint density at radius 2 is 2.04 bits per heavy atom. The molecule has 1 N–H and O–H groups in total.